The Labute approximate surface area is 129 Å². The summed E-state index contributed by atoms with van der Waals surface area (Å²) in [5, 5.41) is 1.78. The summed E-state index contributed by atoms with van der Waals surface area (Å²) in [6.45, 7) is 4.07. The molecule has 90 valence electrons. The molecule has 0 spiro atoms. The van der Waals surface area contributed by atoms with Crippen LogP contribution in [0.1, 0.15) is 25.3 Å². The van der Waals surface area contributed by atoms with Gasteiger partial charge in [-0.05, 0) is 34.4 Å². The molecule has 0 bridgehead atoms. The van der Waals surface area contributed by atoms with Gasteiger partial charge in [0.25, 0.3) is 0 Å². The molecule has 2 aromatic rings. The molecule has 2 aromatic carbocycles. The van der Waals surface area contributed by atoms with Gasteiger partial charge in [0.2, 0.25) is 0 Å². The Morgan fingerprint density at radius 1 is 1.11 bits per heavy atom. The molecule has 0 aliphatic carbocycles. The fraction of sp³-hybridized carbons (Fsp3) is 0.231. The third-order valence-electron chi connectivity index (χ3n) is 2.80. The minimum Gasteiger partial charge on any atom is -0.744 e. The summed E-state index contributed by atoms with van der Waals surface area (Å²) in [6, 6.07) is 10.3. The maximum Gasteiger partial charge on any atom is 1.00 e. The molecule has 0 heterocycles. The molecule has 0 aliphatic heterocycles. The quantitative estimate of drug-likeness (QED) is 0.565. The normalized spacial score (nSPS) is 11.6. The van der Waals surface area contributed by atoms with Crippen molar-refractivity contribution in [3.05, 3.63) is 42.0 Å². The zero-order valence-corrected chi connectivity index (χ0v) is 13.5. The van der Waals surface area contributed by atoms with Crippen molar-refractivity contribution in [3.8, 4) is 0 Å². The van der Waals surface area contributed by atoms with Gasteiger partial charge in [0, 0.05) is 0 Å². The van der Waals surface area contributed by atoms with Gasteiger partial charge >= 0.3 is 29.6 Å². The van der Waals surface area contributed by atoms with E-state index in [1.165, 1.54) is 12.1 Å². The smallest absolute Gasteiger partial charge is 0.744 e. The summed E-state index contributed by atoms with van der Waals surface area (Å²) in [4.78, 5) is -0.168. The predicted octanol–water partition coefficient (Wildman–Crippen LogP) is -0.129. The summed E-state index contributed by atoms with van der Waals surface area (Å²) in [6.07, 6.45) is 0. The van der Waals surface area contributed by atoms with Crippen LogP contribution in [0, 0.1) is 0 Å². The molecule has 0 saturated carbocycles. The van der Waals surface area contributed by atoms with Gasteiger partial charge in [-0.25, -0.2) is 8.42 Å². The van der Waals surface area contributed by atoms with Crippen molar-refractivity contribution < 1.29 is 42.5 Å². The van der Waals surface area contributed by atoms with Gasteiger partial charge in [-0.2, -0.15) is 0 Å². The average molecular weight is 272 g/mol. The van der Waals surface area contributed by atoms with Gasteiger partial charge in [-0.1, -0.05) is 38.1 Å². The minimum absolute atomic E-state index is 0. The van der Waals surface area contributed by atoms with Crippen LogP contribution >= 0.6 is 0 Å². The van der Waals surface area contributed by atoms with Crippen molar-refractivity contribution in [1.29, 1.82) is 0 Å². The zero-order valence-electron chi connectivity index (χ0n) is 10.7. The Hall–Kier alpha value is -0.390. The van der Waals surface area contributed by atoms with E-state index in [0.717, 1.165) is 16.3 Å². The Bertz CT molecular complexity index is 663. The molecule has 2 rings (SSSR count). The molecule has 0 radical (unpaired) electrons. The third-order valence-corrected chi connectivity index (χ3v) is 3.63. The van der Waals surface area contributed by atoms with E-state index in [4.69, 9.17) is 0 Å². The molecule has 0 saturated heterocycles. The van der Waals surface area contributed by atoms with Crippen LogP contribution in [0.4, 0.5) is 0 Å². The predicted molar refractivity (Wildman–Crippen MR) is 66.0 cm³/mol. The van der Waals surface area contributed by atoms with Crippen LogP contribution in [-0.4, -0.2) is 13.0 Å². The summed E-state index contributed by atoms with van der Waals surface area (Å²) in [5.74, 6) is 0.281. The maximum atomic E-state index is 11.0. The molecule has 5 heteroatoms. The van der Waals surface area contributed by atoms with E-state index in [1.54, 1.807) is 6.07 Å². The van der Waals surface area contributed by atoms with Crippen molar-refractivity contribution in [2.75, 3.05) is 0 Å². The number of hydrogen-bond donors (Lipinski definition) is 0. The zero-order chi connectivity index (χ0) is 12.6. The molecule has 0 aromatic heterocycles. The van der Waals surface area contributed by atoms with Crippen LogP contribution in [0.15, 0.2) is 41.3 Å². The van der Waals surface area contributed by atoms with Gasteiger partial charge in [0.1, 0.15) is 10.1 Å². The Kier molecular flexibility index (Phi) is 4.98. The van der Waals surface area contributed by atoms with E-state index in [9.17, 15) is 13.0 Å². The van der Waals surface area contributed by atoms with E-state index < -0.39 is 10.1 Å². The second-order valence-corrected chi connectivity index (χ2v) is 5.72. The fourth-order valence-electron chi connectivity index (χ4n) is 1.93. The molecule has 0 fully saturated rings. The summed E-state index contributed by atoms with van der Waals surface area (Å²) in [5.41, 5.74) is 1.05. The van der Waals surface area contributed by atoms with Crippen molar-refractivity contribution in [2.45, 2.75) is 24.7 Å². The molecule has 0 unspecified atom stereocenters. The van der Waals surface area contributed by atoms with Gasteiger partial charge in [-0.3, -0.25) is 0 Å². The second-order valence-electron chi connectivity index (χ2n) is 4.34. The topological polar surface area (TPSA) is 57.2 Å². The van der Waals surface area contributed by atoms with Crippen LogP contribution in [0.25, 0.3) is 10.8 Å². The van der Waals surface area contributed by atoms with Crippen LogP contribution in [0.3, 0.4) is 0 Å². The number of rotatable bonds is 2. The fourth-order valence-corrected chi connectivity index (χ4v) is 2.43. The first-order chi connectivity index (χ1) is 7.89. The molecule has 0 amide bonds. The molecule has 0 N–H and O–H groups in total. The number of fused-ring (bicyclic) bond motifs is 1. The standard InChI is InChI=1S/C13H14O3S.Na/c1-9(2)12-5-3-4-10-6-7-11(8-13(10)12)17(14,15)16;/h3-9H,1-2H3,(H,14,15,16);/q;+1/p-1. The maximum absolute atomic E-state index is 11.0. The monoisotopic (exact) mass is 272 g/mol. The van der Waals surface area contributed by atoms with E-state index in [1.807, 2.05) is 32.0 Å². The first-order valence-corrected chi connectivity index (χ1v) is 6.79. The van der Waals surface area contributed by atoms with E-state index in [0.29, 0.717) is 0 Å². The molecule has 18 heavy (non-hydrogen) atoms. The van der Waals surface area contributed by atoms with Crippen molar-refractivity contribution >= 4 is 20.9 Å². The Balaban J connectivity index is 0.00000162. The largest absolute Gasteiger partial charge is 1.00 e. The summed E-state index contributed by atoms with van der Waals surface area (Å²) < 4.78 is 33.0. The van der Waals surface area contributed by atoms with E-state index in [2.05, 4.69) is 0 Å². The Morgan fingerprint density at radius 3 is 2.33 bits per heavy atom. The van der Waals surface area contributed by atoms with Crippen LogP contribution in [0.5, 0.6) is 0 Å². The summed E-state index contributed by atoms with van der Waals surface area (Å²) >= 11 is 0. The van der Waals surface area contributed by atoms with Gasteiger partial charge < -0.3 is 4.55 Å². The van der Waals surface area contributed by atoms with Crippen molar-refractivity contribution in [2.24, 2.45) is 0 Å². The molecule has 0 aliphatic rings. The molecular weight excluding hydrogens is 259 g/mol. The SMILES string of the molecule is CC(C)c1cccc2ccc(S(=O)(=O)[O-])cc12.[Na+]. The summed E-state index contributed by atoms with van der Waals surface area (Å²) in [7, 11) is -4.39. The van der Waals surface area contributed by atoms with Crippen LogP contribution in [0.2, 0.25) is 0 Å². The first-order valence-electron chi connectivity index (χ1n) is 5.38. The van der Waals surface area contributed by atoms with Crippen LogP contribution < -0.4 is 29.6 Å². The van der Waals surface area contributed by atoms with E-state index in [-0.39, 0.29) is 40.4 Å². The second kappa shape index (κ2) is 5.72. The first kappa shape index (κ1) is 15.7. The molecule has 0 atom stereocenters. The molecule has 3 nitrogen and oxygen atoms in total. The van der Waals surface area contributed by atoms with Crippen LogP contribution in [-0.2, 0) is 10.1 Å². The molecular formula is C13H13NaO3S. The van der Waals surface area contributed by atoms with Gasteiger partial charge in [-0.15, -0.1) is 0 Å². The Morgan fingerprint density at radius 2 is 1.78 bits per heavy atom. The van der Waals surface area contributed by atoms with E-state index >= 15 is 0 Å². The van der Waals surface area contributed by atoms with Gasteiger partial charge in [0.05, 0.1) is 4.90 Å². The number of benzene rings is 2. The third kappa shape index (κ3) is 3.13. The van der Waals surface area contributed by atoms with Crippen molar-refractivity contribution in [3.63, 3.8) is 0 Å². The average Bonchev–Trinajstić information content (AvgIpc) is 2.26. The number of hydrogen-bond acceptors (Lipinski definition) is 3. The minimum atomic E-state index is -4.39. The van der Waals surface area contributed by atoms with Gasteiger partial charge in [0.15, 0.2) is 0 Å². The van der Waals surface area contributed by atoms with Crippen molar-refractivity contribution in [1.82, 2.24) is 0 Å².